The van der Waals surface area contributed by atoms with Crippen LogP contribution in [0.15, 0.2) is 11.4 Å². The summed E-state index contributed by atoms with van der Waals surface area (Å²) in [5, 5.41) is 27.9. The number of pyridine rings is 1. The Morgan fingerprint density at radius 1 is 1.19 bits per heavy atom. The topological polar surface area (TPSA) is 160 Å². The van der Waals surface area contributed by atoms with Crippen molar-refractivity contribution in [3.8, 4) is 0 Å². The molecule has 3 heterocycles. The summed E-state index contributed by atoms with van der Waals surface area (Å²) in [5.74, 6) is -1.85. The van der Waals surface area contributed by atoms with Crippen molar-refractivity contribution in [2.75, 3.05) is 19.4 Å². The molecule has 12 nitrogen and oxygen atoms in total. The highest BCUT2D eigenvalue weighted by atomic mass is 16.7. The van der Waals surface area contributed by atoms with E-state index in [2.05, 4.69) is 31.2 Å². The maximum Gasteiger partial charge on any atom is 0.306 e. The highest BCUT2D eigenvalue weighted by Crippen LogP contribution is 2.37. The number of anilines is 1. The van der Waals surface area contributed by atoms with Gasteiger partial charge in [0.05, 0.1) is 34.8 Å². The van der Waals surface area contributed by atoms with Crippen molar-refractivity contribution in [1.29, 1.82) is 0 Å². The predicted octanol–water partition coefficient (Wildman–Crippen LogP) is 1.56. The zero-order valence-corrected chi connectivity index (χ0v) is 21.1. The number of hydrogen-bond acceptors (Lipinski definition) is 8. The van der Waals surface area contributed by atoms with Crippen molar-refractivity contribution >= 4 is 40.2 Å². The maximum absolute atomic E-state index is 12.8. The third-order valence-corrected chi connectivity index (χ3v) is 7.12. The summed E-state index contributed by atoms with van der Waals surface area (Å²) in [6, 6.07) is 0.0619. The van der Waals surface area contributed by atoms with Gasteiger partial charge in [0.1, 0.15) is 0 Å². The molecular formula is C24H33N7O5. The first-order chi connectivity index (χ1) is 17.2. The lowest BCUT2D eigenvalue weighted by atomic mass is 9.85. The molecule has 0 aromatic carbocycles. The number of carboxylic acids is 1. The number of aromatic nitrogens is 3. The number of amides is 2. The van der Waals surface area contributed by atoms with Crippen molar-refractivity contribution in [3.63, 3.8) is 0 Å². The molecule has 1 unspecified atom stereocenters. The molecule has 36 heavy (non-hydrogen) atoms. The number of carbonyl (C=O) groups excluding carboxylic acids is 2. The lowest BCUT2D eigenvalue weighted by Gasteiger charge is -2.29. The maximum atomic E-state index is 12.8. The first-order valence-corrected chi connectivity index (χ1v) is 12.3. The van der Waals surface area contributed by atoms with Gasteiger partial charge in [-0.15, -0.1) is 0 Å². The lowest BCUT2D eigenvalue weighted by molar-refractivity contribution is -0.149. The number of rotatable bonds is 8. The number of likely N-dealkylation sites (N-methyl/N-ethyl adjacent to an activating group) is 1. The minimum absolute atomic E-state index is 0.0619. The molecule has 1 atom stereocenters. The first kappa shape index (κ1) is 25.4. The average Bonchev–Trinajstić information content (AvgIpc) is 3.45. The smallest absolute Gasteiger partial charge is 0.306 e. The molecule has 4 rings (SSSR count). The number of nitrogens with zero attached hydrogens (tertiary/aromatic N) is 4. The molecule has 1 saturated carbocycles. The van der Waals surface area contributed by atoms with Gasteiger partial charge in [0.2, 0.25) is 11.5 Å². The second kappa shape index (κ2) is 10.1. The number of carboxylic acid groups (broad SMARTS) is 1. The van der Waals surface area contributed by atoms with Crippen LogP contribution in [0.4, 0.5) is 5.69 Å². The molecule has 0 radical (unpaired) electrons. The normalized spacial score (nSPS) is 23.6. The van der Waals surface area contributed by atoms with Crippen molar-refractivity contribution in [1.82, 2.24) is 25.4 Å². The van der Waals surface area contributed by atoms with E-state index in [9.17, 15) is 19.5 Å². The van der Waals surface area contributed by atoms with Gasteiger partial charge in [-0.3, -0.25) is 14.4 Å². The minimum atomic E-state index is -1.46. The lowest BCUT2D eigenvalue weighted by Crippen LogP contribution is -2.48. The fourth-order valence-electron chi connectivity index (χ4n) is 5.09. The molecule has 2 aromatic rings. The fraction of sp³-hybridized carbons (Fsp3) is 0.583. The molecule has 2 aromatic heterocycles. The Kier molecular flexibility index (Phi) is 7.14. The second-order valence-corrected chi connectivity index (χ2v) is 9.41. The Morgan fingerprint density at radius 2 is 1.92 bits per heavy atom. The van der Waals surface area contributed by atoms with Gasteiger partial charge < -0.3 is 25.9 Å². The van der Waals surface area contributed by atoms with E-state index in [4.69, 9.17) is 4.84 Å². The summed E-state index contributed by atoms with van der Waals surface area (Å²) in [5.41, 5.74) is 2.02. The molecular weight excluding hydrogens is 466 g/mol. The summed E-state index contributed by atoms with van der Waals surface area (Å²) in [7, 11) is 3.00. The molecule has 12 heteroatoms. The van der Waals surface area contributed by atoms with Gasteiger partial charge in [-0.2, -0.15) is 5.10 Å². The number of nitrogens with one attached hydrogen (secondary N) is 3. The van der Waals surface area contributed by atoms with E-state index in [-0.39, 0.29) is 30.7 Å². The highest BCUT2D eigenvalue weighted by molar-refractivity contribution is 6.13. The number of fused-ring (bicyclic) bond motifs is 1. The van der Waals surface area contributed by atoms with Crippen LogP contribution in [0.3, 0.4) is 0 Å². The highest BCUT2D eigenvalue weighted by Gasteiger charge is 2.48. The van der Waals surface area contributed by atoms with Crippen molar-refractivity contribution < 1.29 is 24.3 Å². The number of carbonyl (C=O) groups is 3. The summed E-state index contributed by atoms with van der Waals surface area (Å²) in [6.07, 6.45) is 4.23. The Hall–Kier alpha value is -3.70. The van der Waals surface area contributed by atoms with Crippen LogP contribution >= 0.6 is 0 Å². The number of aliphatic carboxylic acids is 1. The summed E-state index contributed by atoms with van der Waals surface area (Å²) in [6.45, 7) is 4.56. The third-order valence-electron chi connectivity index (χ3n) is 7.12. The van der Waals surface area contributed by atoms with E-state index < -0.39 is 17.5 Å². The largest absolute Gasteiger partial charge is 0.481 e. The molecule has 2 aliphatic rings. The fourth-order valence-corrected chi connectivity index (χ4v) is 5.09. The second-order valence-electron chi connectivity index (χ2n) is 9.41. The van der Waals surface area contributed by atoms with E-state index >= 15 is 0 Å². The van der Waals surface area contributed by atoms with Crippen LogP contribution in [0.2, 0.25) is 0 Å². The zero-order chi connectivity index (χ0) is 26.0. The number of hydrogen-bond donors (Lipinski definition) is 4. The predicted molar refractivity (Wildman–Crippen MR) is 133 cm³/mol. The van der Waals surface area contributed by atoms with Gasteiger partial charge in [-0.05, 0) is 39.5 Å². The van der Waals surface area contributed by atoms with Gasteiger partial charge in [-0.25, -0.2) is 9.67 Å². The SMILES string of the molecule is CCn1nc(C)c2c(NC3CCC(C(=O)O)CC3)c(C3=NOC(CC(=O)NC)(C(=O)NC)C3)cnc21. The quantitative estimate of drug-likeness (QED) is 0.426. The first-order valence-electron chi connectivity index (χ1n) is 12.3. The van der Waals surface area contributed by atoms with Crippen molar-refractivity contribution in [3.05, 3.63) is 17.5 Å². The van der Waals surface area contributed by atoms with Crippen LogP contribution in [0, 0.1) is 12.8 Å². The van der Waals surface area contributed by atoms with Gasteiger partial charge >= 0.3 is 5.97 Å². The van der Waals surface area contributed by atoms with E-state index in [0.717, 1.165) is 22.4 Å². The number of aryl methyl sites for hydroxylation is 2. The minimum Gasteiger partial charge on any atom is -0.481 e. The van der Waals surface area contributed by atoms with E-state index in [0.29, 0.717) is 43.5 Å². The Labute approximate surface area is 208 Å². The van der Waals surface area contributed by atoms with E-state index in [1.54, 1.807) is 6.20 Å². The molecule has 1 aliphatic carbocycles. The third kappa shape index (κ3) is 4.59. The molecule has 1 aliphatic heterocycles. The van der Waals surface area contributed by atoms with E-state index in [1.165, 1.54) is 14.1 Å². The monoisotopic (exact) mass is 499 g/mol. The molecule has 0 spiro atoms. The summed E-state index contributed by atoms with van der Waals surface area (Å²) in [4.78, 5) is 46.7. The van der Waals surface area contributed by atoms with Crippen LogP contribution in [-0.2, 0) is 25.8 Å². The Morgan fingerprint density at radius 3 is 2.53 bits per heavy atom. The van der Waals surface area contributed by atoms with E-state index in [1.807, 2.05) is 18.5 Å². The zero-order valence-electron chi connectivity index (χ0n) is 21.1. The van der Waals surface area contributed by atoms with Crippen LogP contribution < -0.4 is 16.0 Å². The number of oxime groups is 1. The van der Waals surface area contributed by atoms with Crippen LogP contribution in [0.25, 0.3) is 11.0 Å². The molecule has 2 amide bonds. The van der Waals surface area contributed by atoms with Gasteiger partial charge in [0.25, 0.3) is 5.91 Å². The Bertz CT molecular complexity index is 1220. The van der Waals surface area contributed by atoms with Crippen LogP contribution in [0.5, 0.6) is 0 Å². The molecule has 194 valence electrons. The standard InChI is InChI=1S/C24H33N7O5/c1-5-31-21-19(13(2)29-31)20(28-15-8-6-14(7-9-15)22(33)34)16(12-27-21)17-10-24(36-30-17,23(35)26-4)11-18(32)25-3/h12,14-15H,5-11H2,1-4H3,(H,25,32)(H,26,35)(H,27,28)(H,33,34). The summed E-state index contributed by atoms with van der Waals surface area (Å²) >= 11 is 0. The molecule has 0 bridgehead atoms. The van der Waals surface area contributed by atoms with Gasteiger partial charge in [0, 0.05) is 44.9 Å². The van der Waals surface area contributed by atoms with Crippen molar-refractivity contribution in [2.45, 2.75) is 70.6 Å². The summed E-state index contributed by atoms with van der Waals surface area (Å²) < 4.78 is 1.83. The molecule has 1 fully saturated rings. The molecule has 4 N–H and O–H groups in total. The Balaban J connectivity index is 1.72. The van der Waals surface area contributed by atoms with Crippen LogP contribution in [-0.4, -0.2) is 69.1 Å². The van der Waals surface area contributed by atoms with Crippen LogP contribution in [0.1, 0.15) is 56.7 Å². The average molecular weight is 500 g/mol. The van der Waals surface area contributed by atoms with Crippen molar-refractivity contribution in [2.24, 2.45) is 11.1 Å². The van der Waals surface area contributed by atoms with Gasteiger partial charge in [-0.1, -0.05) is 5.16 Å². The molecule has 0 saturated heterocycles. The van der Waals surface area contributed by atoms with Gasteiger partial charge in [0.15, 0.2) is 5.65 Å².